The van der Waals surface area contributed by atoms with Gasteiger partial charge in [0.25, 0.3) is 0 Å². The fraction of sp³-hybridized carbons (Fsp3) is 0.909. The zero-order valence-electron chi connectivity index (χ0n) is 10.2. The van der Waals surface area contributed by atoms with Gasteiger partial charge in [-0.2, -0.15) is 0 Å². The van der Waals surface area contributed by atoms with E-state index in [0.717, 1.165) is 19.1 Å². The van der Waals surface area contributed by atoms with Gasteiger partial charge in [0.1, 0.15) is 15.6 Å². The predicted octanol–water partition coefficient (Wildman–Crippen LogP) is 0.134. The molecule has 1 aliphatic heterocycles. The number of hydrogen-bond donors (Lipinski definition) is 1. The molecule has 0 radical (unpaired) electrons. The molecule has 0 spiro atoms. The minimum absolute atomic E-state index is 0.0202. The van der Waals surface area contributed by atoms with Crippen LogP contribution in [0.25, 0.3) is 0 Å². The minimum Gasteiger partial charge on any atom is -0.381 e. The van der Waals surface area contributed by atoms with E-state index >= 15 is 0 Å². The molecule has 100 valence electrons. The number of ketones is 1. The van der Waals surface area contributed by atoms with Crippen LogP contribution in [0.1, 0.15) is 25.7 Å². The number of hydrogen-bond acceptors (Lipinski definition) is 5. The molecule has 1 saturated heterocycles. The Hall–Kier alpha value is -0.460. The highest BCUT2D eigenvalue weighted by Crippen LogP contribution is 2.19. The number of rotatable bonds is 6. The van der Waals surface area contributed by atoms with Gasteiger partial charge in [0, 0.05) is 25.9 Å². The summed E-state index contributed by atoms with van der Waals surface area (Å²) in [5.74, 6) is 0.300. The van der Waals surface area contributed by atoms with Gasteiger partial charge in [-0.3, -0.25) is 4.79 Å². The first-order chi connectivity index (χ1) is 7.88. The second-order valence-corrected chi connectivity index (χ2v) is 7.01. The molecule has 0 bridgehead atoms. The maximum absolute atomic E-state index is 11.8. The lowest BCUT2D eigenvalue weighted by Gasteiger charge is -2.22. The Labute approximate surface area is 103 Å². The molecular formula is C11H21NO4S. The van der Waals surface area contributed by atoms with Crippen LogP contribution < -0.4 is 5.73 Å². The molecule has 0 aromatic rings. The van der Waals surface area contributed by atoms with Crippen LogP contribution in [0.4, 0.5) is 0 Å². The summed E-state index contributed by atoms with van der Waals surface area (Å²) in [7, 11) is -3.04. The SMILES string of the molecule is CS(=O)(=O)CCC(N)C(=O)CC1CCOCC1. The first-order valence-electron chi connectivity index (χ1n) is 5.92. The first kappa shape index (κ1) is 14.6. The molecule has 6 heteroatoms. The average molecular weight is 263 g/mol. The maximum atomic E-state index is 11.8. The van der Waals surface area contributed by atoms with E-state index in [1.807, 2.05) is 0 Å². The Kier molecular flexibility index (Phi) is 5.55. The predicted molar refractivity (Wildman–Crippen MR) is 65.5 cm³/mol. The smallest absolute Gasteiger partial charge is 0.149 e. The lowest BCUT2D eigenvalue weighted by atomic mass is 9.92. The summed E-state index contributed by atoms with van der Waals surface area (Å²) in [5.41, 5.74) is 5.70. The van der Waals surface area contributed by atoms with Gasteiger partial charge in [-0.25, -0.2) is 8.42 Å². The molecule has 1 atom stereocenters. The van der Waals surface area contributed by atoms with E-state index < -0.39 is 15.9 Å². The molecule has 0 aliphatic carbocycles. The topological polar surface area (TPSA) is 86.5 Å². The van der Waals surface area contributed by atoms with Crippen molar-refractivity contribution in [2.45, 2.75) is 31.7 Å². The van der Waals surface area contributed by atoms with Crippen LogP contribution in [-0.4, -0.2) is 45.5 Å². The summed E-state index contributed by atoms with van der Waals surface area (Å²) in [6.07, 6.45) is 3.62. The van der Waals surface area contributed by atoms with Crippen molar-refractivity contribution in [3.63, 3.8) is 0 Å². The molecule has 0 aromatic carbocycles. The second-order valence-electron chi connectivity index (χ2n) is 4.75. The molecule has 1 aliphatic rings. The monoisotopic (exact) mass is 263 g/mol. The zero-order chi connectivity index (χ0) is 12.9. The largest absolute Gasteiger partial charge is 0.381 e. The van der Waals surface area contributed by atoms with Crippen molar-refractivity contribution in [1.82, 2.24) is 0 Å². The van der Waals surface area contributed by atoms with Crippen LogP contribution in [0.15, 0.2) is 0 Å². The van der Waals surface area contributed by atoms with Crippen molar-refractivity contribution in [3.05, 3.63) is 0 Å². The normalized spacial score (nSPS) is 20.1. The molecule has 0 aromatic heterocycles. The highest BCUT2D eigenvalue weighted by molar-refractivity contribution is 7.90. The van der Waals surface area contributed by atoms with E-state index in [1.54, 1.807) is 0 Å². The standard InChI is InChI=1S/C11H21NO4S/c1-17(14,15)7-4-10(12)11(13)8-9-2-5-16-6-3-9/h9-10H,2-8,12H2,1H3. The molecule has 1 unspecified atom stereocenters. The third-order valence-corrected chi connectivity index (χ3v) is 4.02. The van der Waals surface area contributed by atoms with E-state index in [1.165, 1.54) is 0 Å². The Morgan fingerprint density at radius 3 is 2.53 bits per heavy atom. The van der Waals surface area contributed by atoms with Gasteiger partial charge >= 0.3 is 0 Å². The number of ether oxygens (including phenoxy) is 1. The second kappa shape index (κ2) is 6.47. The van der Waals surface area contributed by atoms with Crippen LogP contribution in [0, 0.1) is 5.92 Å². The van der Waals surface area contributed by atoms with Gasteiger partial charge < -0.3 is 10.5 Å². The molecule has 0 saturated carbocycles. The van der Waals surface area contributed by atoms with Crippen molar-refractivity contribution >= 4 is 15.6 Å². The lowest BCUT2D eigenvalue weighted by molar-refractivity contribution is -0.121. The molecule has 0 amide bonds. The van der Waals surface area contributed by atoms with Crippen molar-refractivity contribution < 1.29 is 17.9 Å². The van der Waals surface area contributed by atoms with Gasteiger partial charge in [0.15, 0.2) is 0 Å². The van der Waals surface area contributed by atoms with Gasteiger partial charge in [0.2, 0.25) is 0 Å². The van der Waals surface area contributed by atoms with Crippen molar-refractivity contribution in [2.24, 2.45) is 11.7 Å². The van der Waals surface area contributed by atoms with Crippen molar-refractivity contribution in [2.75, 3.05) is 25.2 Å². The van der Waals surface area contributed by atoms with Gasteiger partial charge in [-0.05, 0) is 25.2 Å². The number of nitrogens with two attached hydrogens (primary N) is 1. The van der Waals surface area contributed by atoms with Gasteiger partial charge in [-0.1, -0.05) is 0 Å². The molecule has 1 fully saturated rings. The van der Waals surface area contributed by atoms with Crippen LogP contribution in [0.5, 0.6) is 0 Å². The molecule has 1 rings (SSSR count). The van der Waals surface area contributed by atoms with E-state index in [-0.39, 0.29) is 18.0 Å². The zero-order valence-corrected chi connectivity index (χ0v) is 11.0. The Morgan fingerprint density at radius 2 is 2.00 bits per heavy atom. The third-order valence-electron chi connectivity index (χ3n) is 3.04. The van der Waals surface area contributed by atoms with E-state index in [2.05, 4.69) is 0 Å². The summed E-state index contributed by atoms with van der Waals surface area (Å²) in [5, 5.41) is 0. The van der Waals surface area contributed by atoms with Crippen molar-refractivity contribution in [3.8, 4) is 0 Å². The summed E-state index contributed by atoms with van der Waals surface area (Å²) in [6.45, 7) is 1.41. The highest BCUT2D eigenvalue weighted by Gasteiger charge is 2.22. The van der Waals surface area contributed by atoms with E-state index in [4.69, 9.17) is 10.5 Å². The van der Waals surface area contributed by atoms with Crippen LogP contribution in [0.3, 0.4) is 0 Å². The highest BCUT2D eigenvalue weighted by atomic mass is 32.2. The number of Topliss-reactive ketones (excluding diaryl/α,β-unsaturated/α-hetero) is 1. The molecular weight excluding hydrogens is 242 g/mol. The maximum Gasteiger partial charge on any atom is 0.149 e. The average Bonchev–Trinajstić information content (AvgIpc) is 2.26. The molecule has 2 N–H and O–H groups in total. The Morgan fingerprint density at radius 1 is 1.41 bits per heavy atom. The summed E-state index contributed by atoms with van der Waals surface area (Å²) < 4.78 is 27.1. The lowest BCUT2D eigenvalue weighted by Crippen LogP contribution is -2.34. The van der Waals surface area contributed by atoms with Gasteiger partial charge in [-0.15, -0.1) is 0 Å². The van der Waals surface area contributed by atoms with Gasteiger partial charge in [0.05, 0.1) is 11.8 Å². The first-order valence-corrected chi connectivity index (χ1v) is 7.98. The quantitative estimate of drug-likeness (QED) is 0.736. The van der Waals surface area contributed by atoms with Crippen LogP contribution >= 0.6 is 0 Å². The third kappa shape index (κ3) is 6.14. The van der Waals surface area contributed by atoms with E-state index in [9.17, 15) is 13.2 Å². The molecule has 1 heterocycles. The Bertz CT molecular complexity index is 346. The number of sulfone groups is 1. The summed E-state index contributed by atoms with van der Waals surface area (Å²) in [4.78, 5) is 11.8. The fourth-order valence-corrected chi connectivity index (χ4v) is 2.57. The van der Waals surface area contributed by atoms with Crippen molar-refractivity contribution in [1.29, 1.82) is 0 Å². The summed E-state index contributed by atoms with van der Waals surface area (Å²) in [6, 6.07) is -0.646. The number of carbonyl (C=O) groups is 1. The Balaban J connectivity index is 2.30. The minimum atomic E-state index is -3.04. The van der Waals surface area contributed by atoms with E-state index in [0.29, 0.717) is 25.6 Å². The number of carbonyl (C=O) groups excluding carboxylic acids is 1. The molecule has 17 heavy (non-hydrogen) atoms. The molecule has 5 nitrogen and oxygen atoms in total. The summed E-state index contributed by atoms with van der Waals surface area (Å²) >= 11 is 0. The van der Waals surface area contributed by atoms with Crippen LogP contribution in [0.2, 0.25) is 0 Å². The van der Waals surface area contributed by atoms with Crippen LogP contribution in [-0.2, 0) is 19.4 Å². The fourth-order valence-electron chi connectivity index (χ4n) is 1.89.